The first-order valence-electron chi connectivity index (χ1n) is 15.2. The van der Waals surface area contributed by atoms with E-state index in [4.69, 9.17) is 18.9 Å². The summed E-state index contributed by atoms with van der Waals surface area (Å²) in [5, 5.41) is 52.9. The minimum absolute atomic E-state index is 0.0410. The molecule has 11 heteroatoms. The summed E-state index contributed by atoms with van der Waals surface area (Å²) in [6.07, 6.45) is 1.51. The van der Waals surface area contributed by atoms with Gasteiger partial charge in [0.1, 0.15) is 31.0 Å². The van der Waals surface area contributed by atoms with Crippen LogP contribution in [0.1, 0.15) is 64.7 Å². The smallest absolute Gasteiger partial charge is 0.331 e. The Bertz CT molecular complexity index is 1050. The van der Waals surface area contributed by atoms with Crippen molar-refractivity contribution in [1.29, 1.82) is 0 Å². The van der Waals surface area contributed by atoms with Gasteiger partial charge in [0.25, 0.3) is 6.47 Å². The number of ether oxygens (including phenoxy) is 4. The number of carbonyl (C=O) groups is 2. The lowest BCUT2D eigenvalue weighted by Gasteiger charge is -2.64. The summed E-state index contributed by atoms with van der Waals surface area (Å²) in [6, 6.07) is 0. The van der Waals surface area contributed by atoms with E-state index in [0.29, 0.717) is 38.8 Å². The molecule has 230 valence electrons. The van der Waals surface area contributed by atoms with Crippen LogP contribution in [0.5, 0.6) is 0 Å². The molecule has 6 aliphatic rings. The van der Waals surface area contributed by atoms with Crippen molar-refractivity contribution in [2.24, 2.45) is 34.5 Å². The molecule has 4 saturated carbocycles. The summed E-state index contributed by atoms with van der Waals surface area (Å²) in [7, 11) is 0. The maximum Gasteiger partial charge on any atom is 0.331 e. The van der Waals surface area contributed by atoms with Gasteiger partial charge in [-0.15, -0.1) is 0 Å². The lowest BCUT2D eigenvalue weighted by molar-refractivity contribution is -0.317. The molecule has 13 atom stereocenters. The van der Waals surface area contributed by atoms with Crippen LogP contribution in [0.15, 0.2) is 11.6 Å². The van der Waals surface area contributed by atoms with E-state index in [1.54, 1.807) is 6.08 Å². The van der Waals surface area contributed by atoms with Crippen LogP contribution >= 0.6 is 0 Å². The average Bonchev–Trinajstić information content (AvgIpc) is 3.51. The fourth-order valence-corrected chi connectivity index (χ4v) is 10.1. The largest absolute Gasteiger partial charge is 0.467 e. The maximum atomic E-state index is 12.5. The van der Waals surface area contributed by atoms with Crippen molar-refractivity contribution in [2.75, 3.05) is 19.8 Å². The highest BCUT2D eigenvalue weighted by atomic mass is 16.7. The lowest BCUT2D eigenvalue weighted by Crippen LogP contribution is -2.64. The fraction of sp³-hybridized carbons (Fsp3) is 0.867. The molecule has 41 heavy (non-hydrogen) atoms. The van der Waals surface area contributed by atoms with E-state index in [1.807, 2.05) is 0 Å². The SMILES string of the molecule is C[C@]12CC[C@H]3[C@@H](CC[C@@H]4C[C@H](O[C@@H]5O[C@H](CO)[C@@H](O)[C@@H](O)[C@H]5O)CC[C@@]43COC=O)[C@@]1(O)CC[C@@H]2C1=CC(=O)OC1. The number of esters is 1. The Balaban J connectivity index is 1.21. The van der Waals surface area contributed by atoms with E-state index in [2.05, 4.69) is 6.92 Å². The van der Waals surface area contributed by atoms with E-state index >= 15 is 0 Å². The van der Waals surface area contributed by atoms with Crippen LogP contribution in [0.2, 0.25) is 0 Å². The van der Waals surface area contributed by atoms with Gasteiger partial charge in [-0.1, -0.05) is 6.92 Å². The first kappa shape index (κ1) is 29.5. The summed E-state index contributed by atoms with van der Waals surface area (Å²) in [5.74, 6) is 0.144. The molecule has 0 radical (unpaired) electrons. The molecule has 2 aliphatic heterocycles. The summed E-state index contributed by atoms with van der Waals surface area (Å²) >= 11 is 0. The van der Waals surface area contributed by atoms with Crippen molar-refractivity contribution in [1.82, 2.24) is 0 Å². The molecule has 0 unspecified atom stereocenters. The molecular weight excluding hydrogens is 536 g/mol. The van der Waals surface area contributed by atoms with Gasteiger partial charge in [-0.3, -0.25) is 4.79 Å². The Morgan fingerprint density at radius 2 is 1.83 bits per heavy atom. The molecule has 0 aromatic carbocycles. The van der Waals surface area contributed by atoms with Gasteiger partial charge in [-0.2, -0.15) is 0 Å². The Kier molecular flexibility index (Phi) is 7.79. The van der Waals surface area contributed by atoms with Crippen molar-refractivity contribution < 1.29 is 54.1 Å². The van der Waals surface area contributed by atoms with Gasteiger partial charge in [0, 0.05) is 16.9 Å². The van der Waals surface area contributed by atoms with Gasteiger partial charge in [0.2, 0.25) is 0 Å². The molecule has 0 aromatic heterocycles. The first-order chi connectivity index (χ1) is 19.6. The zero-order valence-electron chi connectivity index (χ0n) is 23.6. The second-order valence-corrected chi connectivity index (χ2v) is 13.7. The second-order valence-electron chi connectivity index (χ2n) is 13.7. The van der Waals surface area contributed by atoms with E-state index < -0.39 is 42.9 Å². The fourth-order valence-electron chi connectivity index (χ4n) is 10.1. The van der Waals surface area contributed by atoms with Crippen molar-refractivity contribution >= 4 is 12.4 Å². The standard InChI is InChI=1S/C30H44O11/c1-28-7-5-20-21(30(28,37)9-6-19(28)16-10-23(33)39-13-16)3-2-17-11-18(4-8-29(17,20)14-38-15-32)40-27-26(36)25(35)24(34)22(12-31)41-27/h10,15,17-22,24-27,31,34-37H,2-9,11-14H2,1H3/t17-,18-,19-,20+,21-,22-,24-,25-,26-,27-,28-,29-,30+/m1/s1. The number of aliphatic hydroxyl groups excluding tert-OH is 4. The highest BCUT2D eigenvalue weighted by Gasteiger charge is 2.68. The average molecular weight is 581 g/mol. The highest BCUT2D eigenvalue weighted by Crippen LogP contribution is 2.70. The lowest BCUT2D eigenvalue weighted by atomic mass is 9.43. The quantitative estimate of drug-likeness (QED) is 0.162. The van der Waals surface area contributed by atoms with Crippen LogP contribution in [0.4, 0.5) is 0 Å². The molecule has 6 rings (SSSR count). The van der Waals surface area contributed by atoms with Gasteiger partial charge in [-0.05, 0) is 87.0 Å². The minimum Gasteiger partial charge on any atom is -0.467 e. The zero-order valence-corrected chi connectivity index (χ0v) is 23.6. The van der Waals surface area contributed by atoms with Gasteiger partial charge in [0.05, 0.1) is 24.9 Å². The molecule has 4 aliphatic carbocycles. The molecule has 0 aromatic rings. The van der Waals surface area contributed by atoms with Gasteiger partial charge in [-0.25, -0.2) is 4.79 Å². The number of cyclic esters (lactones) is 1. The number of rotatable bonds is 7. The molecule has 5 N–H and O–H groups in total. The van der Waals surface area contributed by atoms with Crippen LogP contribution in [0, 0.1) is 34.5 Å². The Labute approximate surface area is 239 Å². The molecule has 0 bridgehead atoms. The van der Waals surface area contributed by atoms with Crippen molar-refractivity contribution in [3.8, 4) is 0 Å². The van der Waals surface area contributed by atoms with E-state index in [9.17, 15) is 35.1 Å². The van der Waals surface area contributed by atoms with Crippen molar-refractivity contribution in [2.45, 2.75) is 107 Å². The first-order valence-corrected chi connectivity index (χ1v) is 15.2. The number of hydrogen-bond donors (Lipinski definition) is 5. The van der Waals surface area contributed by atoms with Gasteiger partial charge < -0.3 is 44.5 Å². The summed E-state index contributed by atoms with van der Waals surface area (Å²) in [5.41, 5.74) is -0.586. The Morgan fingerprint density at radius 3 is 2.54 bits per heavy atom. The number of fused-ring (bicyclic) bond motifs is 5. The van der Waals surface area contributed by atoms with Crippen LogP contribution in [-0.2, 0) is 28.5 Å². The molecular formula is C30H44O11. The second kappa shape index (κ2) is 10.8. The van der Waals surface area contributed by atoms with Crippen molar-refractivity contribution in [3.63, 3.8) is 0 Å². The topological polar surface area (TPSA) is 172 Å². The zero-order chi connectivity index (χ0) is 29.2. The third kappa shape index (κ3) is 4.49. The molecule has 2 heterocycles. The van der Waals surface area contributed by atoms with Crippen LogP contribution < -0.4 is 0 Å². The molecule has 0 amide bonds. The third-order valence-electron chi connectivity index (χ3n) is 12.2. The molecule has 1 saturated heterocycles. The normalized spacial score (nSPS) is 51.2. The van der Waals surface area contributed by atoms with E-state index in [1.165, 1.54) is 0 Å². The molecule has 11 nitrogen and oxygen atoms in total. The van der Waals surface area contributed by atoms with Crippen LogP contribution in [-0.4, -0.2) is 100 Å². The van der Waals surface area contributed by atoms with Gasteiger partial charge >= 0.3 is 5.97 Å². The summed E-state index contributed by atoms with van der Waals surface area (Å²) in [6.45, 7) is 2.74. The Morgan fingerprint density at radius 1 is 1.02 bits per heavy atom. The molecule has 0 spiro atoms. The van der Waals surface area contributed by atoms with E-state index in [0.717, 1.165) is 37.7 Å². The predicted molar refractivity (Wildman–Crippen MR) is 141 cm³/mol. The van der Waals surface area contributed by atoms with Gasteiger partial charge in [0.15, 0.2) is 6.29 Å². The summed E-state index contributed by atoms with van der Waals surface area (Å²) in [4.78, 5) is 23.3. The number of hydrogen-bond acceptors (Lipinski definition) is 11. The predicted octanol–water partition coefficient (Wildman–Crippen LogP) is 0.582. The molecule has 5 fully saturated rings. The highest BCUT2D eigenvalue weighted by molar-refractivity contribution is 5.85. The van der Waals surface area contributed by atoms with E-state index in [-0.39, 0.29) is 53.2 Å². The van der Waals surface area contributed by atoms with Crippen LogP contribution in [0.25, 0.3) is 0 Å². The summed E-state index contributed by atoms with van der Waals surface area (Å²) < 4.78 is 22.5. The third-order valence-corrected chi connectivity index (χ3v) is 12.2. The number of carbonyl (C=O) groups excluding carboxylic acids is 2. The Hall–Kier alpha value is -1.60. The van der Waals surface area contributed by atoms with Crippen molar-refractivity contribution in [3.05, 3.63) is 11.6 Å². The monoisotopic (exact) mass is 580 g/mol. The number of aliphatic hydroxyl groups is 5. The minimum atomic E-state index is -1.50. The maximum absolute atomic E-state index is 12.5. The van der Waals surface area contributed by atoms with Crippen LogP contribution in [0.3, 0.4) is 0 Å².